The molecule has 2 aromatic carbocycles. The summed E-state index contributed by atoms with van der Waals surface area (Å²) in [5, 5.41) is 5.84. The first-order chi connectivity index (χ1) is 15.8. The van der Waals surface area contributed by atoms with Gasteiger partial charge in [-0.1, -0.05) is 52.9 Å². The van der Waals surface area contributed by atoms with E-state index in [2.05, 4.69) is 26.6 Å². The first-order valence-corrected chi connectivity index (χ1v) is 12.2. The van der Waals surface area contributed by atoms with Gasteiger partial charge in [0.25, 0.3) is 17.7 Å². The average Bonchev–Trinajstić information content (AvgIpc) is 3.00. The summed E-state index contributed by atoms with van der Waals surface area (Å²) in [5.74, 6) is -1.13. The van der Waals surface area contributed by atoms with Crippen molar-refractivity contribution in [2.45, 2.75) is 52.0 Å². The van der Waals surface area contributed by atoms with Crippen LogP contribution in [0.15, 0.2) is 51.6 Å². The van der Waals surface area contributed by atoms with Gasteiger partial charge in [-0.15, -0.1) is 0 Å². The summed E-state index contributed by atoms with van der Waals surface area (Å²) in [6.45, 7) is 3.77. The first-order valence-electron chi connectivity index (χ1n) is 11.0. The van der Waals surface area contributed by atoms with Gasteiger partial charge in [0.05, 0.1) is 0 Å². The van der Waals surface area contributed by atoms with Crippen molar-refractivity contribution in [2.24, 2.45) is 0 Å². The standard InChI is InChI=1S/C25H25BrClN3O3/c1-14-8-9-16(23(31)29-19-11-10-17(26)12-15(19)2)13-20(14)28-22-21(27)24(32)30(25(22)33)18-6-4-3-5-7-18/h8-13,18,28H,3-7H2,1-2H3,(H,29,31). The fourth-order valence-electron chi connectivity index (χ4n) is 4.29. The molecule has 6 nitrogen and oxygen atoms in total. The molecule has 3 amide bonds. The van der Waals surface area contributed by atoms with Gasteiger partial charge in [-0.3, -0.25) is 19.3 Å². The highest BCUT2D eigenvalue weighted by Gasteiger charge is 2.42. The SMILES string of the molecule is Cc1cc(Br)ccc1NC(=O)c1ccc(C)c(NC2=C(Cl)C(=O)N(C3CCCCC3)C2=O)c1. The van der Waals surface area contributed by atoms with Crippen LogP contribution in [-0.4, -0.2) is 28.7 Å². The normalized spacial score (nSPS) is 17.0. The van der Waals surface area contributed by atoms with Gasteiger partial charge < -0.3 is 10.6 Å². The Labute approximate surface area is 206 Å². The molecule has 0 bridgehead atoms. The number of halogens is 2. The van der Waals surface area contributed by atoms with Gasteiger partial charge >= 0.3 is 0 Å². The molecule has 1 heterocycles. The van der Waals surface area contributed by atoms with E-state index in [0.29, 0.717) is 16.9 Å². The summed E-state index contributed by atoms with van der Waals surface area (Å²) in [6.07, 6.45) is 4.72. The monoisotopic (exact) mass is 529 g/mol. The predicted molar refractivity (Wildman–Crippen MR) is 133 cm³/mol. The van der Waals surface area contributed by atoms with E-state index in [1.54, 1.807) is 18.2 Å². The maximum Gasteiger partial charge on any atom is 0.279 e. The van der Waals surface area contributed by atoms with Crippen LogP contribution < -0.4 is 10.6 Å². The Morgan fingerprint density at radius 3 is 2.39 bits per heavy atom. The summed E-state index contributed by atoms with van der Waals surface area (Å²) in [4.78, 5) is 40.0. The minimum atomic E-state index is -0.451. The molecule has 2 aromatic rings. The second-order valence-corrected chi connectivity index (χ2v) is 9.82. The molecule has 1 saturated carbocycles. The Hall–Kier alpha value is -2.64. The lowest BCUT2D eigenvalue weighted by Crippen LogP contribution is -2.42. The van der Waals surface area contributed by atoms with Crippen LogP contribution in [-0.2, 0) is 9.59 Å². The maximum atomic E-state index is 13.1. The van der Waals surface area contributed by atoms with Crippen molar-refractivity contribution in [1.82, 2.24) is 4.90 Å². The smallest absolute Gasteiger partial charge is 0.279 e. The van der Waals surface area contributed by atoms with Gasteiger partial charge in [-0.05, 0) is 68.1 Å². The zero-order valence-electron chi connectivity index (χ0n) is 18.5. The fraction of sp³-hybridized carbons (Fsp3) is 0.320. The van der Waals surface area contributed by atoms with Gasteiger partial charge in [0, 0.05) is 27.5 Å². The number of carbonyl (C=O) groups excluding carboxylic acids is 3. The van der Waals surface area contributed by atoms with Crippen LogP contribution in [0.1, 0.15) is 53.6 Å². The topological polar surface area (TPSA) is 78.5 Å². The Bertz CT molecular complexity index is 1170. The molecule has 0 spiro atoms. The quantitative estimate of drug-likeness (QED) is 0.473. The van der Waals surface area contributed by atoms with E-state index in [4.69, 9.17) is 11.6 Å². The summed E-state index contributed by atoms with van der Waals surface area (Å²) in [7, 11) is 0. The number of amides is 3. The number of rotatable bonds is 5. The molecule has 1 aliphatic carbocycles. The number of nitrogens with one attached hydrogen (secondary N) is 2. The molecule has 33 heavy (non-hydrogen) atoms. The van der Waals surface area contributed by atoms with E-state index in [1.165, 1.54) is 4.90 Å². The zero-order valence-corrected chi connectivity index (χ0v) is 20.8. The Morgan fingerprint density at radius 1 is 0.970 bits per heavy atom. The second-order valence-electron chi connectivity index (χ2n) is 8.53. The number of hydrogen-bond acceptors (Lipinski definition) is 4. The molecule has 172 valence electrons. The summed E-state index contributed by atoms with van der Waals surface area (Å²) >= 11 is 9.72. The van der Waals surface area contributed by atoms with E-state index in [1.807, 2.05) is 32.0 Å². The molecular formula is C25H25BrClN3O3. The lowest BCUT2D eigenvalue weighted by Gasteiger charge is -2.29. The second kappa shape index (κ2) is 9.69. The highest BCUT2D eigenvalue weighted by Crippen LogP contribution is 2.33. The largest absolute Gasteiger partial charge is 0.349 e. The lowest BCUT2D eigenvalue weighted by molar-refractivity contribution is -0.140. The fourth-order valence-corrected chi connectivity index (χ4v) is 4.99. The van der Waals surface area contributed by atoms with Crippen molar-refractivity contribution >= 4 is 56.6 Å². The van der Waals surface area contributed by atoms with E-state index in [9.17, 15) is 14.4 Å². The molecule has 1 fully saturated rings. The number of aryl methyl sites for hydroxylation is 2. The molecule has 0 aromatic heterocycles. The summed E-state index contributed by atoms with van der Waals surface area (Å²) < 4.78 is 0.933. The Kier molecular flexibility index (Phi) is 6.91. The Balaban J connectivity index is 1.55. The van der Waals surface area contributed by atoms with Crippen LogP contribution in [0.4, 0.5) is 11.4 Å². The predicted octanol–water partition coefficient (Wildman–Crippen LogP) is 5.88. The molecule has 0 saturated heterocycles. The van der Waals surface area contributed by atoms with Crippen molar-refractivity contribution in [2.75, 3.05) is 10.6 Å². The zero-order chi connectivity index (χ0) is 23.7. The third-order valence-corrected chi connectivity index (χ3v) is 7.04. The van der Waals surface area contributed by atoms with Gasteiger partial charge in [0.2, 0.25) is 0 Å². The number of anilines is 2. The lowest BCUT2D eigenvalue weighted by atomic mass is 9.94. The van der Waals surface area contributed by atoms with E-state index < -0.39 is 11.8 Å². The molecule has 0 radical (unpaired) electrons. The van der Waals surface area contributed by atoms with E-state index >= 15 is 0 Å². The third-order valence-electron chi connectivity index (χ3n) is 6.19. The van der Waals surface area contributed by atoms with Crippen LogP contribution in [0.2, 0.25) is 0 Å². The van der Waals surface area contributed by atoms with Crippen LogP contribution in [0, 0.1) is 13.8 Å². The van der Waals surface area contributed by atoms with Crippen molar-refractivity contribution in [3.63, 3.8) is 0 Å². The minimum absolute atomic E-state index is 0.0663. The van der Waals surface area contributed by atoms with Crippen molar-refractivity contribution < 1.29 is 14.4 Å². The molecule has 2 aliphatic rings. The average molecular weight is 531 g/mol. The Morgan fingerprint density at radius 2 is 1.70 bits per heavy atom. The number of carbonyl (C=O) groups is 3. The van der Waals surface area contributed by atoms with Crippen molar-refractivity contribution in [3.8, 4) is 0 Å². The van der Waals surface area contributed by atoms with Crippen molar-refractivity contribution in [1.29, 1.82) is 0 Å². The molecule has 0 unspecified atom stereocenters. The van der Waals surface area contributed by atoms with Crippen molar-refractivity contribution in [3.05, 3.63) is 68.3 Å². The van der Waals surface area contributed by atoms with Crippen LogP contribution in [0.5, 0.6) is 0 Å². The summed E-state index contributed by atoms with van der Waals surface area (Å²) in [6, 6.07) is 10.7. The molecular weight excluding hydrogens is 506 g/mol. The van der Waals surface area contributed by atoms with E-state index in [-0.39, 0.29) is 22.7 Å². The maximum absolute atomic E-state index is 13.1. The molecule has 4 rings (SSSR count). The number of imide groups is 1. The molecule has 2 N–H and O–H groups in total. The summed E-state index contributed by atoms with van der Waals surface area (Å²) in [5.41, 5.74) is 3.50. The van der Waals surface area contributed by atoms with Gasteiger partial charge in [-0.2, -0.15) is 0 Å². The van der Waals surface area contributed by atoms with Crippen LogP contribution >= 0.6 is 27.5 Å². The van der Waals surface area contributed by atoms with Gasteiger partial charge in [-0.25, -0.2) is 0 Å². The minimum Gasteiger partial charge on any atom is -0.349 e. The van der Waals surface area contributed by atoms with Gasteiger partial charge in [0.1, 0.15) is 10.7 Å². The number of benzene rings is 2. The molecule has 8 heteroatoms. The molecule has 1 aliphatic heterocycles. The highest BCUT2D eigenvalue weighted by atomic mass is 79.9. The number of hydrogen-bond donors (Lipinski definition) is 2. The van der Waals surface area contributed by atoms with Gasteiger partial charge in [0.15, 0.2) is 0 Å². The van der Waals surface area contributed by atoms with Crippen LogP contribution in [0.25, 0.3) is 0 Å². The molecule has 0 atom stereocenters. The van der Waals surface area contributed by atoms with Crippen LogP contribution in [0.3, 0.4) is 0 Å². The number of nitrogens with zero attached hydrogens (tertiary/aromatic N) is 1. The third kappa shape index (κ3) is 4.84. The van der Waals surface area contributed by atoms with E-state index in [0.717, 1.165) is 47.7 Å². The first kappa shape index (κ1) is 23.5. The highest BCUT2D eigenvalue weighted by molar-refractivity contribution is 9.10.